The van der Waals surface area contributed by atoms with Gasteiger partial charge in [-0.2, -0.15) is 5.26 Å². The minimum atomic E-state index is -0.737. The highest BCUT2D eigenvalue weighted by Crippen LogP contribution is 2.45. The third kappa shape index (κ3) is 1.88. The van der Waals surface area contributed by atoms with E-state index in [0.29, 0.717) is 4.90 Å². The lowest BCUT2D eigenvalue weighted by molar-refractivity contribution is -0.124. The quantitative estimate of drug-likeness (QED) is 0.770. The molecule has 1 aromatic carbocycles. The Labute approximate surface area is 91.1 Å². The molecule has 0 bridgehead atoms. The molecule has 0 radical (unpaired) electrons. The van der Waals surface area contributed by atoms with Crippen molar-refractivity contribution >= 4 is 17.5 Å². The van der Waals surface area contributed by atoms with Gasteiger partial charge in [0, 0.05) is 17.7 Å². The molecule has 1 fully saturated rings. The number of benzene rings is 1. The molecule has 0 amide bonds. The van der Waals surface area contributed by atoms with Gasteiger partial charge in [0.15, 0.2) is 0 Å². The number of hydrogen-bond donors (Lipinski definition) is 0. The van der Waals surface area contributed by atoms with E-state index in [2.05, 4.69) is 6.07 Å². The fourth-order valence-corrected chi connectivity index (χ4v) is 2.74. The predicted octanol–water partition coefficient (Wildman–Crippen LogP) is 2.54. The number of halogens is 1. The van der Waals surface area contributed by atoms with E-state index in [1.165, 1.54) is 6.07 Å². The summed E-state index contributed by atoms with van der Waals surface area (Å²) < 4.78 is 12.6. The lowest BCUT2D eigenvalue weighted by atomic mass is 9.84. The van der Waals surface area contributed by atoms with Crippen molar-refractivity contribution in [2.75, 3.05) is 0 Å². The molecule has 0 N–H and O–H groups in total. The Morgan fingerprint density at radius 2 is 2.07 bits per heavy atom. The molecular weight excluding hydrogens is 213 g/mol. The summed E-state index contributed by atoms with van der Waals surface area (Å²) in [6.07, 6.45) is 0.449. The molecule has 2 rings (SSSR count). The maximum Gasteiger partial charge on any atom is 0.137 e. The van der Waals surface area contributed by atoms with Crippen molar-refractivity contribution in [1.29, 1.82) is 5.26 Å². The fraction of sp³-hybridized carbons (Fsp3) is 0.273. The molecule has 0 aliphatic heterocycles. The molecule has 0 saturated heterocycles. The summed E-state index contributed by atoms with van der Waals surface area (Å²) in [6, 6.07) is 8.40. The van der Waals surface area contributed by atoms with Crippen LogP contribution in [0.5, 0.6) is 0 Å². The van der Waals surface area contributed by atoms with Crippen molar-refractivity contribution in [1.82, 2.24) is 0 Å². The van der Waals surface area contributed by atoms with Gasteiger partial charge in [-0.25, -0.2) is 4.39 Å². The Kier molecular flexibility index (Phi) is 2.49. The summed E-state index contributed by atoms with van der Waals surface area (Å²) in [5.74, 6) is -0.267. The molecule has 1 aliphatic rings. The molecule has 0 unspecified atom stereocenters. The average Bonchev–Trinajstić information content (AvgIpc) is 2.18. The molecule has 2 nitrogen and oxygen atoms in total. The third-order valence-electron chi connectivity index (χ3n) is 2.31. The van der Waals surface area contributed by atoms with E-state index < -0.39 is 4.75 Å². The first-order chi connectivity index (χ1) is 7.15. The van der Waals surface area contributed by atoms with Gasteiger partial charge in [-0.05, 0) is 12.1 Å². The standard InChI is InChI=1S/C11H8FNOS/c12-9-3-1-2-4-10(9)15-11(7-13)5-8(14)6-11/h1-4H,5-6H2. The van der Waals surface area contributed by atoms with Crippen molar-refractivity contribution in [2.45, 2.75) is 22.5 Å². The largest absolute Gasteiger partial charge is 0.300 e. The zero-order valence-corrected chi connectivity index (χ0v) is 8.68. The van der Waals surface area contributed by atoms with Crippen LogP contribution in [0.15, 0.2) is 29.2 Å². The fourth-order valence-electron chi connectivity index (χ4n) is 1.50. The summed E-state index contributed by atoms with van der Waals surface area (Å²) in [6.45, 7) is 0. The number of nitriles is 1. The zero-order chi connectivity index (χ0) is 10.9. The van der Waals surface area contributed by atoms with Crippen LogP contribution in [-0.2, 0) is 4.79 Å². The van der Waals surface area contributed by atoms with Crippen molar-refractivity contribution in [3.8, 4) is 6.07 Å². The van der Waals surface area contributed by atoms with Crippen LogP contribution in [0.25, 0.3) is 0 Å². The van der Waals surface area contributed by atoms with E-state index in [0.717, 1.165) is 11.8 Å². The number of hydrogen-bond acceptors (Lipinski definition) is 3. The Hall–Kier alpha value is -1.34. The maximum atomic E-state index is 13.3. The van der Waals surface area contributed by atoms with Gasteiger partial charge in [0.1, 0.15) is 16.3 Å². The van der Waals surface area contributed by atoms with Crippen LogP contribution in [0.1, 0.15) is 12.8 Å². The molecular formula is C11H8FNOS. The number of nitrogens with zero attached hydrogens (tertiary/aromatic N) is 1. The van der Waals surface area contributed by atoms with Crippen LogP contribution < -0.4 is 0 Å². The van der Waals surface area contributed by atoms with Crippen LogP contribution in [-0.4, -0.2) is 10.5 Å². The number of carbonyl (C=O) groups is 1. The van der Waals surface area contributed by atoms with Crippen LogP contribution >= 0.6 is 11.8 Å². The van der Waals surface area contributed by atoms with Gasteiger partial charge in [0.05, 0.1) is 6.07 Å². The monoisotopic (exact) mass is 221 g/mol. The molecule has 76 valence electrons. The van der Waals surface area contributed by atoms with Crippen molar-refractivity contribution in [3.63, 3.8) is 0 Å². The highest BCUT2D eigenvalue weighted by atomic mass is 32.2. The Morgan fingerprint density at radius 1 is 1.40 bits per heavy atom. The van der Waals surface area contributed by atoms with Gasteiger partial charge in [-0.3, -0.25) is 4.79 Å². The van der Waals surface area contributed by atoms with E-state index in [9.17, 15) is 9.18 Å². The Morgan fingerprint density at radius 3 is 2.60 bits per heavy atom. The number of rotatable bonds is 2. The lowest BCUT2D eigenvalue weighted by Gasteiger charge is -2.32. The molecule has 0 aromatic heterocycles. The second-order valence-electron chi connectivity index (χ2n) is 3.53. The first kappa shape index (κ1) is 10.2. The molecule has 1 aliphatic carbocycles. The van der Waals surface area contributed by atoms with E-state index >= 15 is 0 Å². The smallest absolute Gasteiger partial charge is 0.137 e. The summed E-state index contributed by atoms with van der Waals surface area (Å²) >= 11 is 1.15. The second kappa shape index (κ2) is 3.67. The summed E-state index contributed by atoms with van der Waals surface area (Å²) in [4.78, 5) is 11.3. The average molecular weight is 221 g/mol. The maximum absolute atomic E-state index is 13.3. The molecule has 1 aromatic rings. The van der Waals surface area contributed by atoms with Crippen molar-refractivity contribution in [3.05, 3.63) is 30.1 Å². The van der Waals surface area contributed by atoms with Gasteiger partial charge < -0.3 is 0 Å². The van der Waals surface area contributed by atoms with Gasteiger partial charge in [0.2, 0.25) is 0 Å². The molecule has 4 heteroatoms. The number of carbonyl (C=O) groups excluding carboxylic acids is 1. The molecule has 0 atom stereocenters. The van der Waals surface area contributed by atoms with Crippen LogP contribution in [0.3, 0.4) is 0 Å². The lowest BCUT2D eigenvalue weighted by Crippen LogP contribution is -2.39. The van der Waals surface area contributed by atoms with Crippen LogP contribution in [0.4, 0.5) is 4.39 Å². The van der Waals surface area contributed by atoms with E-state index in [-0.39, 0.29) is 24.4 Å². The van der Waals surface area contributed by atoms with Gasteiger partial charge in [-0.1, -0.05) is 23.9 Å². The normalized spacial score (nSPS) is 18.0. The molecule has 0 heterocycles. The summed E-state index contributed by atoms with van der Waals surface area (Å²) in [5, 5.41) is 8.96. The van der Waals surface area contributed by atoms with Crippen LogP contribution in [0.2, 0.25) is 0 Å². The van der Waals surface area contributed by atoms with Gasteiger partial charge in [0.25, 0.3) is 0 Å². The minimum Gasteiger partial charge on any atom is -0.300 e. The highest BCUT2D eigenvalue weighted by Gasteiger charge is 2.45. The minimum absolute atomic E-state index is 0.0698. The molecule has 0 spiro atoms. The van der Waals surface area contributed by atoms with E-state index in [4.69, 9.17) is 5.26 Å². The van der Waals surface area contributed by atoms with E-state index in [1.807, 2.05) is 0 Å². The number of thioether (sulfide) groups is 1. The molecule has 15 heavy (non-hydrogen) atoms. The first-order valence-corrected chi connectivity index (χ1v) is 5.33. The molecule has 1 saturated carbocycles. The second-order valence-corrected chi connectivity index (χ2v) is 4.96. The number of ketones is 1. The topological polar surface area (TPSA) is 40.9 Å². The summed E-state index contributed by atoms with van der Waals surface area (Å²) in [7, 11) is 0. The third-order valence-corrected chi connectivity index (χ3v) is 3.63. The van der Waals surface area contributed by atoms with Crippen molar-refractivity contribution < 1.29 is 9.18 Å². The Bertz CT molecular complexity index is 444. The van der Waals surface area contributed by atoms with E-state index in [1.54, 1.807) is 18.2 Å². The van der Waals surface area contributed by atoms with Crippen LogP contribution in [0, 0.1) is 17.1 Å². The highest BCUT2D eigenvalue weighted by molar-refractivity contribution is 8.01. The Balaban J connectivity index is 2.19. The summed E-state index contributed by atoms with van der Waals surface area (Å²) in [5.41, 5.74) is 0. The van der Waals surface area contributed by atoms with Gasteiger partial charge in [-0.15, -0.1) is 0 Å². The first-order valence-electron chi connectivity index (χ1n) is 4.52. The van der Waals surface area contributed by atoms with Gasteiger partial charge >= 0.3 is 0 Å². The van der Waals surface area contributed by atoms with Crippen molar-refractivity contribution in [2.24, 2.45) is 0 Å². The zero-order valence-electron chi connectivity index (χ0n) is 7.87. The SMILES string of the molecule is N#CC1(Sc2ccccc2F)CC(=O)C1. The number of Topliss-reactive ketones (excluding diaryl/α,β-unsaturated/α-hetero) is 1. The predicted molar refractivity (Wildman–Crippen MR) is 54.8 cm³/mol.